The fraction of sp³-hybridized carbons (Fsp3) is 0.286. The molecule has 0 saturated heterocycles. The monoisotopic (exact) mass is 349 g/mol. The van der Waals surface area contributed by atoms with E-state index >= 15 is 0 Å². The molecule has 116 valence electrons. The lowest BCUT2D eigenvalue weighted by Crippen LogP contribution is -2.37. The summed E-state index contributed by atoms with van der Waals surface area (Å²) in [6, 6.07) is 7.31. The Kier molecular flexibility index (Phi) is 8.59. The van der Waals surface area contributed by atoms with Crippen molar-refractivity contribution in [1.29, 1.82) is 0 Å². The fourth-order valence-corrected chi connectivity index (χ4v) is 1.98. The smallest absolute Gasteiger partial charge is 0.253 e. The van der Waals surface area contributed by atoms with Gasteiger partial charge in [0.15, 0.2) is 0 Å². The van der Waals surface area contributed by atoms with E-state index in [0.717, 1.165) is 5.39 Å². The first-order chi connectivity index (χ1) is 9.13. The number of carbonyl (C=O) groups is 1. The van der Waals surface area contributed by atoms with Gasteiger partial charge in [-0.3, -0.25) is 9.78 Å². The van der Waals surface area contributed by atoms with E-state index in [1.165, 1.54) is 0 Å². The Labute approximate surface area is 141 Å². The molecule has 0 fully saturated rings. The maximum Gasteiger partial charge on any atom is 0.253 e. The summed E-state index contributed by atoms with van der Waals surface area (Å²) in [4.78, 5) is 16.4. The van der Waals surface area contributed by atoms with Gasteiger partial charge < -0.3 is 10.6 Å². The molecule has 1 aromatic carbocycles. The zero-order valence-electron chi connectivity index (χ0n) is 11.7. The predicted molar refractivity (Wildman–Crippen MR) is 92.1 cm³/mol. The van der Waals surface area contributed by atoms with Crippen LogP contribution in [-0.4, -0.2) is 30.5 Å². The number of nitrogens with zero attached hydrogens (tertiary/aromatic N) is 1. The molecule has 1 amide bonds. The van der Waals surface area contributed by atoms with E-state index in [-0.39, 0.29) is 36.8 Å². The maximum atomic E-state index is 12.2. The van der Waals surface area contributed by atoms with Crippen LogP contribution in [-0.2, 0) is 0 Å². The highest BCUT2D eigenvalue weighted by Crippen LogP contribution is 2.24. The molecular weight excluding hydrogens is 333 g/mol. The third-order valence-corrected chi connectivity index (χ3v) is 3.35. The normalized spacial score (nSPS) is 11.2. The molecule has 7 heteroatoms. The lowest BCUT2D eigenvalue weighted by molar-refractivity contribution is 0.0952. The predicted octanol–water partition coefficient (Wildman–Crippen LogP) is 3.07. The van der Waals surface area contributed by atoms with Crippen LogP contribution in [0.25, 0.3) is 10.9 Å². The Morgan fingerprint density at radius 2 is 2.05 bits per heavy atom. The van der Waals surface area contributed by atoms with E-state index in [9.17, 15) is 4.79 Å². The minimum absolute atomic E-state index is 0. The lowest BCUT2D eigenvalue weighted by atomic mass is 10.1. The number of fused-ring (bicyclic) bond motifs is 1. The molecule has 2 rings (SSSR count). The van der Waals surface area contributed by atoms with Crippen LogP contribution in [0, 0.1) is 0 Å². The van der Waals surface area contributed by atoms with Crippen LogP contribution in [0.15, 0.2) is 30.5 Å². The van der Waals surface area contributed by atoms with Gasteiger partial charge in [0.05, 0.1) is 16.1 Å². The summed E-state index contributed by atoms with van der Waals surface area (Å²) in [5, 5.41) is 7.33. The van der Waals surface area contributed by atoms with Crippen LogP contribution in [0.3, 0.4) is 0 Å². The molecule has 0 radical (unpaired) electrons. The first-order valence-corrected chi connectivity index (χ1v) is 6.50. The van der Waals surface area contributed by atoms with Gasteiger partial charge in [0.2, 0.25) is 0 Å². The van der Waals surface area contributed by atoms with Crippen LogP contribution in [0.1, 0.15) is 17.3 Å². The summed E-state index contributed by atoms with van der Waals surface area (Å²) in [5.74, 6) is -0.137. The standard InChI is InChI=1S/C14H16ClN3O.2ClH/c1-9(16-2)8-18-14(19)11-5-6-12(15)10-4-3-7-17-13(10)11;;/h3-7,9,16H,8H2,1-2H3,(H,18,19);2*1H. The molecule has 1 atom stereocenters. The van der Waals surface area contributed by atoms with Crippen molar-refractivity contribution in [2.24, 2.45) is 0 Å². The first-order valence-electron chi connectivity index (χ1n) is 6.12. The minimum atomic E-state index is -0.137. The largest absolute Gasteiger partial charge is 0.350 e. The summed E-state index contributed by atoms with van der Waals surface area (Å²) in [6.07, 6.45) is 1.66. The number of rotatable bonds is 4. The number of pyridine rings is 1. The van der Waals surface area contributed by atoms with Crippen LogP contribution in [0.2, 0.25) is 5.02 Å². The van der Waals surface area contributed by atoms with E-state index in [1.807, 2.05) is 20.0 Å². The molecule has 1 aromatic heterocycles. The zero-order valence-corrected chi connectivity index (χ0v) is 14.1. The van der Waals surface area contributed by atoms with Crippen molar-refractivity contribution in [2.75, 3.05) is 13.6 Å². The van der Waals surface area contributed by atoms with Crippen molar-refractivity contribution < 1.29 is 4.79 Å². The number of benzene rings is 1. The average Bonchev–Trinajstić information content (AvgIpc) is 2.45. The molecule has 0 aliphatic rings. The number of nitrogens with one attached hydrogen (secondary N) is 2. The second-order valence-electron chi connectivity index (χ2n) is 4.39. The summed E-state index contributed by atoms with van der Waals surface area (Å²) < 4.78 is 0. The number of amides is 1. The molecule has 1 unspecified atom stereocenters. The summed E-state index contributed by atoms with van der Waals surface area (Å²) >= 11 is 6.10. The third-order valence-electron chi connectivity index (χ3n) is 3.02. The Morgan fingerprint density at radius 3 is 2.71 bits per heavy atom. The molecule has 0 bridgehead atoms. The average molecular weight is 351 g/mol. The highest BCUT2D eigenvalue weighted by atomic mass is 35.5. The molecule has 2 aromatic rings. The van der Waals surface area contributed by atoms with E-state index < -0.39 is 0 Å². The van der Waals surface area contributed by atoms with Crippen LogP contribution in [0.4, 0.5) is 0 Å². The quantitative estimate of drug-likeness (QED) is 0.891. The van der Waals surface area contributed by atoms with Gasteiger partial charge in [0, 0.05) is 24.2 Å². The molecule has 0 saturated carbocycles. The van der Waals surface area contributed by atoms with E-state index in [4.69, 9.17) is 11.6 Å². The summed E-state index contributed by atoms with van der Waals surface area (Å²) in [5.41, 5.74) is 1.17. The van der Waals surface area contributed by atoms with Gasteiger partial charge >= 0.3 is 0 Å². The Hall–Kier alpha value is -1.07. The highest BCUT2D eigenvalue weighted by molar-refractivity contribution is 6.36. The highest BCUT2D eigenvalue weighted by Gasteiger charge is 2.13. The topological polar surface area (TPSA) is 54.0 Å². The number of carbonyl (C=O) groups excluding carboxylic acids is 1. The second kappa shape index (κ2) is 9.05. The summed E-state index contributed by atoms with van der Waals surface area (Å²) in [6.45, 7) is 2.56. The number of aromatic nitrogens is 1. The molecule has 0 spiro atoms. The number of hydrogen-bond donors (Lipinski definition) is 2. The number of hydrogen-bond acceptors (Lipinski definition) is 3. The van der Waals surface area contributed by atoms with Crippen molar-refractivity contribution in [3.63, 3.8) is 0 Å². The number of likely N-dealkylation sites (N-methyl/N-ethyl adjacent to an activating group) is 1. The van der Waals surface area contributed by atoms with Crippen molar-refractivity contribution in [3.05, 3.63) is 41.0 Å². The molecule has 21 heavy (non-hydrogen) atoms. The Morgan fingerprint density at radius 1 is 1.33 bits per heavy atom. The van der Waals surface area contributed by atoms with Gasteiger partial charge in [0.1, 0.15) is 0 Å². The van der Waals surface area contributed by atoms with Gasteiger partial charge in [0.25, 0.3) is 5.91 Å². The molecule has 0 aliphatic carbocycles. The van der Waals surface area contributed by atoms with Gasteiger partial charge in [-0.15, -0.1) is 24.8 Å². The van der Waals surface area contributed by atoms with Crippen LogP contribution in [0.5, 0.6) is 0 Å². The molecular formula is C14H18Cl3N3O. The van der Waals surface area contributed by atoms with Crippen molar-refractivity contribution in [3.8, 4) is 0 Å². The van der Waals surface area contributed by atoms with Crippen LogP contribution >= 0.6 is 36.4 Å². The second-order valence-corrected chi connectivity index (χ2v) is 4.80. The van der Waals surface area contributed by atoms with Crippen molar-refractivity contribution >= 4 is 53.2 Å². The van der Waals surface area contributed by atoms with Gasteiger partial charge in [-0.25, -0.2) is 0 Å². The SMILES string of the molecule is CNC(C)CNC(=O)c1ccc(Cl)c2cccnc12.Cl.Cl. The number of halogens is 3. The first kappa shape index (κ1) is 19.9. The Balaban J connectivity index is 0.00000200. The van der Waals surface area contributed by atoms with Gasteiger partial charge in [-0.2, -0.15) is 0 Å². The molecule has 2 N–H and O–H groups in total. The fourth-order valence-electron chi connectivity index (χ4n) is 1.76. The zero-order chi connectivity index (χ0) is 13.8. The van der Waals surface area contributed by atoms with Crippen LogP contribution < -0.4 is 10.6 Å². The van der Waals surface area contributed by atoms with E-state index in [1.54, 1.807) is 24.4 Å². The Bertz CT molecular complexity index is 607. The third kappa shape index (κ3) is 4.71. The minimum Gasteiger partial charge on any atom is -0.350 e. The van der Waals surface area contributed by atoms with Crippen molar-refractivity contribution in [1.82, 2.24) is 15.6 Å². The van der Waals surface area contributed by atoms with Gasteiger partial charge in [-0.1, -0.05) is 11.6 Å². The molecule has 0 aliphatic heterocycles. The lowest BCUT2D eigenvalue weighted by Gasteiger charge is -2.12. The summed E-state index contributed by atoms with van der Waals surface area (Å²) in [7, 11) is 1.86. The maximum absolute atomic E-state index is 12.2. The molecule has 1 heterocycles. The molecule has 4 nitrogen and oxygen atoms in total. The van der Waals surface area contributed by atoms with Gasteiger partial charge in [-0.05, 0) is 38.2 Å². The van der Waals surface area contributed by atoms with E-state index in [2.05, 4.69) is 15.6 Å². The van der Waals surface area contributed by atoms with Crippen molar-refractivity contribution in [2.45, 2.75) is 13.0 Å². The van der Waals surface area contributed by atoms with E-state index in [0.29, 0.717) is 22.6 Å².